The van der Waals surface area contributed by atoms with E-state index in [1.165, 1.54) is 11.3 Å². The standard InChI is InChI=1S/C13H20N3/c1-14-11-12-3-5-13(6-4-12)16-9-7-15(2)8-10-16/h3-6H,7-11H2,1-2H3/q-1. The fourth-order valence-corrected chi connectivity index (χ4v) is 2.06. The summed E-state index contributed by atoms with van der Waals surface area (Å²) in [6.07, 6.45) is 0. The summed E-state index contributed by atoms with van der Waals surface area (Å²) in [4.78, 5) is 4.83. The van der Waals surface area contributed by atoms with Gasteiger partial charge in [-0.2, -0.15) is 7.05 Å². The molecule has 1 fully saturated rings. The molecule has 1 heterocycles. The zero-order valence-corrected chi connectivity index (χ0v) is 10.2. The minimum Gasteiger partial charge on any atom is -0.661 e. The minimum atomic E-state index is 0.822. The van der Waals surface area contributed by atoms with Crippen LogP contribution in [-0.4, -0.2) is 45.2 Å². The van der Waals surface area contributed by atoms with Gasteiger partial charge in [0.1, 0.15) is 0 Å². The molecule has 0 N–H and O–H groups in total. The largest absolute Gasteiger partial charge is 0.661 e. The van der Waals surface area contributed by atoms with Crippen molar-refractivity contribution in [2.45, 2.75) is 6.54 Å². The second kappa shape index (κ2) is 5.32. The smallest absolute Gasteiger partial charge is 0.0367 e. The summed E-state index contributed by atoms with van der Waals surface area (Å²) in [5.74, 6) is 0. The van der Waals surface area contributed by atoms with Crippen molar-refractivity contribution in [3.8, 4) is 0 Å². The molecule has 0 amide bonds. The molecule has 0 atom stereocenters. The zero-order valence-electron chi connectivity index (χ0n) is 10.2. The predicted molar refractivity (Wildman–Crippen MR) is 69.1 cm³/mol. The van der Waals surface area contributed by atoms with Crippen molar-refractivity contribution >= 4 is 5.69 Å². The minimum absolute atomic E-state index is 0.822. The first kappa shape index (κ1) is 11.4. The Bertz CT molecular complexity index is 312. The third-order valence-electron chi connectivity index (χ3n) is 3.15. The van der Waals surface area contributed by atoms with Gasteiger partial charge >= 0.3 is 0 Å². The molecule has 0 unspecified atom stereocenters. The molecule has 0 bridgehead atoms. The van der Waals surface area contributed by atoms with Crippen LogP contribution in [0.1, 0.15) is 5.56 Å². The SMILES string of the molecule is C[N-]Cc1ccc(N2CCN(C)CC2)cc1. The van der Waals surface area contributed by atoms with Crippen LogP contribution in [0, 0.1) is 0 Å². The van der Waals surface area contributed by atoms with Crippen LogP contribution in [-0.2, 0) is 6.54 Å². The number of anilines is 1. The molecule has 3 nitrogen and oxygen atoms in total. The summed E-state index contributed by atoms with van der Waals surface area (Å²) < 4.78 is 0. The Morgan fingerprint density at radius 1 is 1.06 bits per heavy atom. The highest BCUT2D eigenvalue weighted by atomic mass is 15.2. The molecule has 1 aromatic carbocycles. The third-order valence-corrected chi connectivity index (χ3v) is 3.15. The Balaban J connectivity index is 1.98. The van der Waals surface area contributed by atoms with Crippen LogP contribution in [0.2, 0.25) is 0 Å². The number of benzene rings is 1. The molecular weight excluding hydrogens is 198 g/mol. The topological polar surface area (TPSA) is 20.6 Å². The normalized spacial score (nSPS) is 17.8. The number of nitrogens with zero attached hydrogens (tertiary/aromatic N) is 3. The monoisotopic (exact) mass is 218 g/mol. The highest BCUT2D eigenvalue weighted by molar-refractivity contribution is 5.48. The van der Waals surface area contributed by atoms with Crippen molar-refractivity contribution in [2.24, 2.45) is 0 Å². The van der Waals surface area contributed by atoms with Crippen LogP contribution in [0.5, 0.6) is 0 Å². The van der Waals surface area contributed by atoms with Crippen molar-refractivity contribution in [2.75, 3.05) is 45.2 Å². The molecule has 0 aliphatic carbocycles. The van der Waals surface area contributed by atoms with E-state index in [0.29, 0.717) is 0 Å². The van der Waals surface area contributed by atoms with E-state index in [1.54, 1.807) is 0 Å². The van der Waals surface area contributed by atoms with Crippen molar-refractivity contribution in [1.29, 1.82) is 0 Å². The quantitative estimate of drug-likeness (QED) is 0.773. The van der Waals surface area contributed by atoms with Gasteiger partial charge in [-0.25, -0.2) is 0 Å². The molecule has 16 heavy (non-hydrogen) atoms. The van der Waals surface area contributed by atoms with Crippen molar-refractivity contribution in [3.63, 3.8) is 0 Å². The van der Waals surface area contributed by atoms with Crippen LogP contribution in [0.3, 0.4) is 0 Å². The van der Waals surface area contributed by atoms with Crippen LogP contribution in [0.4, 0.5) is 5.69 Å². The molecule has 1 aliphatic rings. The van der Waals surface area contributed by atoms with E-state index in [1.807, 2.05) is 7.05 Å². The highest BCUT2D eigenvalue weighted by Crippen LogP contribution is 2.17. The number of likely N-dealkylation sites (N-methyl/N-ethyl adjacent to an activating group) is 1. The molecule has 0 aromatic heterocycles. The summed E-state index contributed by atoms with van der Waals surface area (Å²) in [5, 5.41) is 4.14. The van der Waals surface area contributed by atoms with E-state index in [9.17, 15) is 0 Å². The van der Waals surface area contributed by atoms with E-state index < -0.39 is 0 Å². The predicted octanol–water partition coefficient (Wildman–Crippen LogP) is 1.94. The zero-order chi connectivity index (χ0) is 11.4. The lowest BCUT2D eigenvalue weighted by Crippen LogP contribution is -2.44. The van der Waals surface area contributed by atoms with Crippen LogP contribution in [0.25, 0.3) is 5.32 Å². The van der Waals surface area contributed by atoms with Gasteiger partial charge in [0.15, 0.2) is 0 Å². The average molecular weight is 218 g/mol. The van der Waals surface area contributed by atoms with Crippen LogP contribution >= 0.6 is 0 Å². The Morgan fingerprint density at radius 2 is 1.69 bits per heavy atom. The summed E-state index contributed by atoms with van der Waals surface area (Å²) in [5.41, 5.74) is 2.63. The average Bonchev–Trinajstić information content (AvgIpc) is 2.32. The van der Waals surface area contributed by atoms with E-state index in [0.717, 1.165) is 32.7 Å². The van der Waals surface area contributed by atoms with Crippen molar-refractivity contribution in [3.05, 3.63) is 35.1 Å². The van der Waals surface area contributed by atoms with Gasteiger partial charge in [-0.1, -0.05) is 17.7 Å². The van der Waals surface area contributed by atoms with E-state index >= 15 is 0 Å². The summed E-state index contributed by atoms with van der Waals surface area (Å²) in [6, 6.07) is 8.79. The molecule has 0 saturated carbocycles. The van der Waals surface area contributed by atoms with Gasteiger partial charge in [0.25, 0.3) is 0 Å². The summed E-state index contributed by atoms with van der Waals surface area (Å²) >= 11 is 0. The molecule has 2 rings (SSSR count). The second-order valence-corrected chi connectivity index (χ2v) is 4.43. The first-order chi connectivity index (χ1) is 7.79. The number of piperazine rings is 1. The van der Waals surface area contributed by atoms with Gasteiger partial charge in [-0.15, -0.1) is 6.54 Å². The van der Waals surface area contributed by atoms with Gasteiger partial charge in [0, 0.05) is 31.9 Å². The fourth-order valence-electron chi connectivity index (χ4n) is 2.06. The van der Waals surface area contributed by atoms with Crippen molar-refractivity contribution < 1.29 is 0 Å². The first-order valence-corrected chi connectivity index (χ1v) is 5.87. The number of hydrogen-bond acceptors (Lipinski definition) is 2. The highest BCUT2D eigenvalue weighted by Gasteiger charge is 2.13. The Kier molecular flexibility index (Phi) is 3.80. The molecule has 1 saturated heterocycles. The summed E-state index contributed by atoms with van der Waals surface area (Å²) in [6.45, 7) is 5.41. The molecule has 88 valence electrons. The lowest BCUT2D eigenvalue weighted by molar-refractivity contribution is 0.313. The third kappa shape index (κ3) is 2.74. The Morgan fingerprint density at radius 3 is 2.25 bits per heavy atom. The van der Waals surface area contributed by atoms with Crippen LogP contribution in [0.15, 0.2) is 24.3 Å². The lowest BCUT2D eigenvalue weighted by Gasteiger charge is -2.34. The molecular formula is C13H20N3-. The number of hydrogen-bond donors (Lipinski definition) is 0. The van der Waals surface area contributed by atoms with Gasteiger partial charge in [-0.05, 0) is 19.2 Å². The maximum Gasteiger partial charge on any atom is 0.0367 e. The van der Waals surface area contributed by atoms with E-state index in [4.69, 9.17) is 0 Å². The molecule has 1 aromatic rings. The van der Waals surface area contributed by atoms with E-state index in [2.05, 4.69) is 46.4 Å². The second-order valence-electron chi connectivity index (χ2n) is 4.43. The molecule has 3 heteroatoms. The maximum atomic E-state index is 4.14. The maximum absolute atomic E-state index is 4.14. The Hall–Kier alpha value is -1.06. The van der Waals surface area contributed by atoms with Gasteiger partial charge in [0.05, 0.1) is 0 Å². The van der Waals surface area contributed by atoms with Gasteiger partial charge in [0.2, 0.25) is 0 Å². The molecule has 0 radical (unpaired) electrons. The Labute approximate surface area is 98.0 Å². The number of rotatable bonds is 3. The fraction of sp³-hybridized carbons (Fsp3) is 0.538. The molecule has 1 aliphatic heterocycles. The van der Waals surface area contributed by atoms with Gasteiger partial charge < -0.3 is 15.1 Å². The molecule has 0 spiro atoms. The lowest BCUT2D eigenvalue weighted by atomic mass is 10.2. The van der Waals surface area contributed by atoms with Gasteiger partial charge in [-0.3, -0.25) is 0 Å². The summed E-state index contributed by atoms with van der Waals surface area (Å²) in [7, 11) is 4.04. The van der Waals surface area contributed by atoms with Crippen LogP contribution < -0.4 is 4.90 Å². The van der Waals surface area contributed by atoms with Crippen molar-refractivity contribution in [1.82, 2.24) is 4.90 Å². The first-order valence-electron chi connectivity index (χ1n) is 5.87. The van der Waals surface area contributed by atoms with E-state index in [-0.39, 0.29) is 0 Å².